The van der Waals surface area contributed by atoms with Gasteiger partial charge in [-0.25, -0.2) is 4.98 Å². The fourth-order valence-corrected chi connectivity index (χ4v) is 4.37. The molecule has 0 spiro atoms. The molecule has 20 heavy (non-hydrogen) atoms. The molecule has 0 fully saturated rings. The molecule has 2 heterocycles. The number of nitrogens with zero attached hydrogens (tertiary/aromatic N) is 2. The molecule has 0 atom stereocenters. The molecule has 1 aromatic heterocycles. The van der Waals surface area contributed by atoms with Gasteiger partial charge >= 0.3 is 0 Å². The third kappa shape index (κ3) is 2.69. The molecule has 1 aromatic carbocycles. The van der Waals surface area contributed by atoms with Crippen LogP contribution in [0.5, 0.6) is 0 Å². The largest absolute Gasteiger partial charge is 0.335 e. The normalized spacial score (nSPS) is 18.0. The first-order chi connectivity index (χ1) is 9.74. The highest BCUT2D eigenvalue weighted by Crippen LogP contribution is 2.35. The van der Waals surface area contributed by atoms with E-state index in [1.165, 1.54) is 17.5 Å². The number of thioether (sulfide) groups is 1. The molecule has 5 heteroatoms. The third-order valence-corrected chi connectivity index (χ3v) is 6.21. The van der Waals surface area contributed by atoms with E-state index in [0.717, 1.165) is 28.7 Å². The third-order valence-electron chi connectivity index (χ3n) is 4.16. The first kappa shape index (κ1) is 13.9. The zero-order valence-corrected chi connectivity index (χ0v) is 13.5. The molecule has 0 saturated heterocycles. The summed E-state index contributed by atoms with van der Waals surface area (Å²) in [5.74, 6) is 1.16. The zero-order chi connectivity index (χ0) is 14.0. The van der Waals surface area contributed by atoms with Crippen LogP contribution in [-0.4, -0.2) is 22.4 Å². The van der Waals surface area contributed by atoms with Crippen LogP contribution in [0.25, 0.3) is 10.2 Å². The van der Waals surface area contributed by atoms with Gasteiger partial charge in [0.2, 0.25) is 0 Å². The van der Waals surface area contributed by atoms with Crippen LogP contribution in [0.4, 0.5) is 5.69 Å². The van der Waals surface area contributed by atoms with E-state index in [9.17, 15) is 0 Å². The highest BCUT2D eigenvalue weighted by Gasteiger charge is 2.30. The van der Waals surface area contributed by atoms with Crippen molar-refractivity contribution >= 4 is 44.2 Å². The molecule has 106 valence electrons. The maximum Gasteiger partial charge on any atom is 0.161 e. The molecule has 0 aliphatic carbocycles. The molecule has 0 unspecified atom stereocenters. The summed E-state index contributed by atoms with van der Waals surface area (Å²) < 4.78 is 1.22. The Bertz CT molecular complexity index is 629. The van der Waals surface area contributed by atoms with Crippen molar-refractivity contribution < 1.29 is 0 Å². The van der Waals surface area contributed by atoms with Gasteiger partial charge in [0.15, 0.2) is 5.17 Å². The Morgan fingerprint density at radius 3 is 2.85 bits per heavy atom. The van der Waals surface area contributed by atoms with Crippen molar-refractivity contribution in [2.45, 2.75) is 26.7 Å². The first-order valence-electron chi connectivity index (χ1n) is 7.02. The standard InChI is InChI=1S/C15H19N3S2/c1-3-15(4-2)8-16-14(19-9-15)18-11-5-6-12-13(7-11)20-10-17-12/h5-7,10H,3-4,8-9H2,1-2H3,(H,16,18). The minimum absolute atomic E-state index is 0.400. The molecule has 2 aromatic rings. The number of aromatic nitrogens is 1. The molecule has 1 N–H and O–H groups in total. The van der Waals surface area contributed by atoms with Gasteiger partial charge in [-0.3, -0.25) is 4.99 Å². The van der Waals surface area contributed by atoms with Crippen molar-refractivity contribution in [1.82, 2.24) is 4.98 Å². The molecule has 3 nitrogen and oxygen atoms in total. The van der Waals surface area contributed by atoms with Gasteiger partial charge in [-0.1, -0.05) is 25.6 Å². The van der Waals surface area contributed by atoms with Gasteiger partial charge in [0, 0.05) is 18.0 Å². The predicted octanol–water partition coefficient (Wildman–Crippen LogP) is 4.62. The van der Waals surface area contributed by atoms with Gasteiger partial charge in [0.05, 0.1) is 15.7 Å². The molecule has 3 rings (SSSR count). The summed E-state index contributed by atoms with van der Waals surface area (Å²) in [4.78, 5) is 9.05. The van der Waals surface area contributed by atoms with Crippen molar-refractivity contribution in [3.8, 4) is 0 Å². The lowest BCUT2D eigenvalue weighted by molar-refractivity contribution is 0.318. The topological polar surface area (TPSA) is 37.3 Å². The van der Waals surface area contributed by atoms with E-state index in [1.807, 2.05) is 17.3 Å². The Morgan fingerprint density at radius 1 is 1.30 bits per heavy atom. The van der Waals surface area contributed by atoms with Crippen LogP contribution in [0, 0.1) is 5.41 Å². The molecule has 0 amide bonds. The van der Waals surface area contributed by atoms with Crippen LogP contribution in [0.2, 0.25) is 0 Å². The number of amidine groups is 1. The minimum atomic E-state index is 0.400. The fourth-order valence-electron chi connectivity index (χ4n) is 2.36. The lowest BCUT2D eigenvalue weighted by atomic mass is 9.84. The molecular formula is C15H19N3S2. The number of fused-ring (bicyclic) bond motifs is 1. The van der Waals surface area contributed by atoms with Crippen LogP contribution < -0.4 is 5.32 Å². The summed E-state index contributed by atoms with van der Waals surface area (Å²) in [7, 11) is 0. The maximum atomic E-state index is 4.74. The number of hydrogen-bond donors (Lipinski definition) is 1. The highest BCUT2D eigenvalue weighted by molar-refractivity contribution is 8.14. The van der Waals surface area contributed by atoms with Crippen molar-refractivity contribution in [3.63, 3.8) is 0 Å². The zero-order valence-electron chi connectivity index (χ0n) is 11.8. The number of rotatable bonds is 3. The van der Waals surface area contributed by atoms with Gasteiger partial charge in [0.1, 0.15) is 0 Å². The van der Waals surface area contributed by atoms with Gasteiger partial charge in [-0.05, 0) is 36.5 Å². The Morgan fingerprint density at radius 2 is 2.15 bits per heavy atom. The summed E-state index contributed by atoms with van der Waals surface area (Å²) in [5.41, 5.74) is 4.46. The Labute approximate surface area is 127 Å². The van der Waals surface area contributed by atoms with Crippen LogP contribution in [0.1, 0.15) is 26.7 Å². The summed E-state index contributed by atoms with van der Waals surface area (Å²) in [6.45, 7) is 5.49. The second-order valence-corrected chi connectivity index (χ2v) is 7.13. The number of hydrogen-bond acceptors (Lipinski definition) is 5. The van der Waals surface area contributed by atoms with Gasteiger partial charge in [-0.15, -0.1) is 11.3 Å². The summed E-state index contributed by atoms with van der Waals surface area (Å²) in [6, 6.07) is 6.29. The van der Waals surface area contributed by atoms with E-state index in [1.54, 1.807) is 11.3 Å². The monoisotopic (exact) mass is 305 g/mol. The van der Waals surface area contributed by atoms with Gasteiger partial charge in [-0.2, -0.15) is 0 Å². The smallest absolute Gasteiger partial charge is 0.161 e. The number of anilines is 1. The lowest BCUT2D eigenvalue weighted by Gasteiger charge is -2.33. The van der Waals surface area contributed by atoms with Crippen LogP contribution in [-0.2, 0) is 0 Å². The SMILES string of the molecule is CCC1(CC)CN=C(Nc2ccc3ncsc3c2)SC1. The first-order valence-corrected chi connectivity index (χ1v) is 8.89. The van der Waals surface area contributed by atoms with E-state index < -0.39 is 0 Å². The van der Waals surface area contributed by atoms with Crippen LogP contribution in [0.3, 0.4) is 0 Å². The molecule has 1 aliphatic rings. The summed E-state index contributed by atoms with van der Waals surface area (Å²) in [5, 5.41) is 4.49. The molecule has 0 bridgehead atoms. The number of benzene rings is 1. The molecular weight excluding hydrogens is 286 g/mol. The van der Waals surface area contributed by atoms with Crippen molar-refractivity contribution in [3.05, 3.63) is 23.7 Å². The Kier molecular flexibility index (Phi) is 3.98. The van der Waals surface area contributed by atoms with E-state index in [-0.39, 0.29) is 0 Å². The molecule has 0 saturated carbocycles. The Balaban J connectivity index is 1.73. The van der Waals surface area contributed by atoms with E-state index in [2.05, 4.69) is 42.3 Å². The second kappa shape index (κ2) is 5.74. The number of nitrogens with one attached hydrogen (secondary N) is 1. The van der Waals surface area contributed by atoms with Crippen molar-refractivity contribution in [2.24, 2.45) is 10.4 Å². The maximum absolute atomic E-state index is 4.74. The van der Waals surface area contributed by atoms with E-state index >= 15 is 0 Å². The molecule has 1 aliphatic heterocycles. The predicted molar refractivity (Wildman–Crippen MR) is 91.0 cm³/mol. The second-order valence-electron chi connectivity index (χ2n) is 5.28. The average molecular weight is 305 g/mol. The summed E-state index contributed by atoms with van der Waals surface area (Å²) >= 11 is 3.52. The van der Waals surface area contributed by atoms with Crippen molar-refractivity contribution in [2.75, 3.05) is 17.6 Å². The van der Waals surface area contributed by atoms with Crippen molar-refractivity contribution in [1.29, 1.82) is 0 Å². The Hall–Kier alpha value is -1.07. The van der Waals surface area contributed by atoms with E-state index in [4.69, 9.17) is 4.99 Å². The van der Waals surface area contributed by atoms with E-state index in [0.29, 0.717) is 5.41 Å². The van der Waals surface area contributed by atoms with Gasteiger partial charge in [0.25, 0.3) is 0 Å². The van der Waals surface area contributed by atoms with Crippen LogP contribution >= 0.6 is 23.1 Å². The summed E-state index contributed by atoms with van der Waals surface area (Å²) in [6.07, 6.45) is 2.42. The fraction of sp³-hybridized carbons (Fsp3) is 0.467. The average Bonchev–Trinajstić information content (AvgIpc) is 2.96. The van der Waals surface area contributed by atoms with Gasteiger partial charge < -0.3 is 5.32 Å². The number of thiazole rings is 1. The number of aliphatic imine (C=N–C) groups is 1. The van der Waals surface area contributed by atoms with Crippen LogP contribution in [0.15, 0.2) is 28.7 Å². The minimum Gasteiger partial charge on any atom is -0.335 e. The molecule has 0 radical (unpaired) electrons. The lowest BCUT2D eigenvalue weighted by Crippen LogP contribution is -2.32. The highest BCUT2D eigenvalue weighted by atomic mass is 32.2. The quantitative estimate of drug-likeness (QED) is 0.899.